The quantitative estimate of drug-likeness (QED) is 0.164. The third-order valence-electron chi connectivity index (χ3n) is 4.40. The van der Waals surface area contributed by atoms with E-state index in [2.05, 4.69) is 22.1 Å². The Labute approximate surface area is 205 Å². The van der Waals surface area contributed by atoms with Crippen LogP contribution in [0.25, 0.3) is 11.1 Å². The van der Waals surface area contributed by atoms with Gasteiger partial charge in [0.25, 0.3) is 10.1 Å². The fraction of sp³-hybridized carbons (Fsp3) is 0.455. The Morgan fingerprint density at radius 1 is 1.00 bits per heavy atom. The molecule has 0 aliphatic rings. The molecule has 0 fully saturated rings. The van der Waals surface area contributed by atoms with Crippen LogP contribution in [0.3, 0.4) is 0 Å². The molecule has 2 aromatic rings. The molecule has 188 valence electrons. The van der Waals surface area contributed by atoms with Crippen molar-refractivity contribution in [2.45, 2.75) is 13.5 Å². The second-order valence-corrected chi connectivity index (χ2v) is 8.95. The standard InChI is InChI=1S/C22H29NO9S2/c1-16-12-19(30-11-10-29-9-8-28-7-6-27-2)4-5-20(16)17-13-18(15-31-34(3,25)26)23-21(14-17)22(24)32-33/h4-5,12-14,33H,6-11,15H2,1-3H3. The second-order valence-electron chi connectivity index (χ2n) is 7.12. The van der Waals surface area contributed by atoms with Gasteiger partial charge in [-0.2, -0.15) is 8.42 Å². The van der Waals surface area contributed by atoms with E-state index in [0.717, 1.165) is 17.4 Å². The smallest absolute Gasteiger partial charge is 0.368 e. The van der Waals surface area contributed by atoms with Crippen LogP contribution >= 0.6 is 12.9 Å². The molecule has 12 heteroatoms. The molecule has 0 N–H and O–H groups in total. The molecule has 0 atom stereocenters. The first kappa shape index (κ1) is 28.0. The van der Waals surface area contributed by atoms with Gasteiger partial charge in [0.2, 0.25) is 0 Å². The third-order valence-corrected chi connectivity index (χ3v) is 5.11. The number of methoxy groups -OCH3 is 1. The van der Waals surface area contributed by atoms with Crippen LogP contribution in [0.2, 0.25) is 0 Å². The lowest BCUT2D eigenvalue weighted by Crippen LogP contribution is -2.12. The minimum atomic E-state index is -3.68. The molecule has 0 radical (unpaired) electrons. The van der Waals surface area contributed by atoms with Crippen LogP contribution < -0.4 is 4.74 Å². The molecule has 1 aromatic heterocycles. The van der Waals surface area contributed by atoms with E-state index in [0.29, 0.717) is 51.0 Å². The lowest BCUT2D eigenvalue weighted by Gasteiger charge is -2.13. The summed E-state index contributed by atoms with van der Waals surface area (Å²) >= 11 is 3.53. The van der Waals surface area contributed by atoms with Crippen molar-refractivity contribution in [1.82, 2.24) is 4.98 Å². The van der Waals surface area contributed by atoms with Crippen molar-refractivity contribution >= 4 is 29.0 Å². The topological polar surface area (TPSA) is 119 Å². The highest BCUT2D eigenvalue weighted by Crippen LogP contribution is 2.28. The first-order valence-electron chi connectivity index (χ1n) is 10.3. The van der Waals surface area contributed by atoms with Gasteiger partial charge in [-0.1, -0.05) is 6.07 Å². The van der Waals surface area contributed by atoms with Gasteiger partial charge in [0.05, 0.1) is 45.0 Å². The number of pyridine rings is 1. The predicted molar refractivity (Wildman–Crippen MR) is 127 cm³/mol. The number of thiol groups is 1. The minimum Gasteiger partial charge on any atom is -0.491 e. The molecule has 0 aliphatic carbocycles. The van der Waals surface area contributed by atoms with Crippen LogP contribution in [0.5, 0.6) is 5.75 Å². The van der Waals surface area contributed by atoms with Gasteiger partial charge in [-0.25, -0.2) is 9.78 Å². The van der Waals surface area contributed by atoms with Crippen LogP contribution in [-0.2, 0) is 39.3 Å². The SMILES string of the molecule is COCCOCCOCCOc1ccc(-c2cc(COS(C)(=O)=O)nc(C(=O)OS)c2)c(C)c1. The number of nitrogens with zero attached hydrogens (tertiary/aromatic N) is 1. The van der Waals surface area contributed by atoms with E-state index in [4.69, 9.17) is 23.1 Å². The van der Waals surface area contributed by atoms with E-state index in [1.54, 1.807) is 19.2 Å². The zero-order valence-corrected chi connectivity index (χ0v) is 21.0. The monoisotopic (exact) mass is 515 g/mol. The van der Waals surface area contributed by atoms with E-state index >= 15 is 0 Å². The van der Waals surface area contributed by atoms with Crippen LogP contribution in [-0.4, -0.2) is 72.4 Å². The van der Waals surface area contributed by atoms with Gasteiger partial charge in [-0.05, 0) is 47.9 Å². The summed E-state index contributed by atoms with van der Waals surface area (Å²) in [6.07, 6.45) is 0.935. The normalized spacial score (nSPS) is 11.4. The van der Waals surface area contributed by atoms with Gasteiger partial charge >= 0.3 is 5.97 Å². The first-order chi connectivity index (χ1) is 16.2. The van der Waals surface area contributed by atoms with Crippen molar-refractivity contribution in [3.63, 3.8) is 0 Å². The number of hydrogen-bond acceptors (Lipinski definition) is 11. The van der Waals surface area contributed by atoms with E-state index in [9.17, 15) is 13.2 Å². The Balaban J connectivity index is 2.02. The summed E-state index contributed by atoms with van der Waals surface area (Å²) in [5, 5.41) is 0. The van der Waals surface area contributed by atoms with Crippen molar-refractivity contribution in [3.8, 4) is 16.9 Å². The fourth-order valence-electron chi connectivity index (χ4n) is 2.87. The molecule has 0 saturated carbocycles. The maximum Gasteiger partial charge on any atom is 0.368 e. The van der Waals surface area contributed by atoms with Crippen molar-refractivity contribution in [2.75, 3.05) is 53.0 Å². The van der Waals surface area contributed by atoms with Crippen LogP contribution in [0.4, 0.5) is 0 Å². The number of ether oxygens (including phenoxy) is 4. The number of carbonyl (C=O) groups is 1. The zero-order valence-electron chi connectivity index (χ0n) is 19.3. The van der Waals surface area contributed by atoms with Gasteiger partial charge in [-0.15, -0.1) is 0 Å². The van der Waals surface area contributed by atoms with E-state index < -0.39 is 16.1 Å². The molecule has 1 heterocycles. The Kier molecular flexibility index (Phi) is 11.7. The highest BCUT2D eigenvalue weighted by molar-refractivity contribution is 7.85. The molecule has 0 aliphatic heterocycles. The Bertz CT molecular complexity index is 1040. The molecule has 2 rings (SSSR count). The summed E-state index contributed by atoms with van der Waals surface area (Å²) in [5.41, 5.74) is 2.53. The molecule has 0 amide bonds. The van der Waals surface area contributed by atoms with E-state index in [-0.39, 0.29) is 18.0 Å². The molecule has 34 heavy (non-hydrogen) atoms. The maximum absolute atomic E-state index is 12.0. The first-order valence-corrected chi connectivity index (χ1v) is 12.5. The van der Waals surface area contributed by atoms with Crippen LogP contribution in [0, 0.1) is 6.92 Å². The highest BCUT2D eigenvalue weighted by atomic mass is 32.2. The summed E-state index contributed by atoms with van der Waals surface area (Å²) in [5.74, 6) is -0.113. The third kappa shape index (κ3) is 9.95. The van der Waals surface area contributed by atoms with Crippen molar-refractivity contribution in [3.05, 3.63) is 47.3 Å². The summed E-state index contributed by atoms with van der Waals surface area (Å²) in [6, 6.07) is 8.66. The van der Waals surface area contributed by atoms with Gasteiger partial charge < -0.3 is 23.1 Å². The van der Waals surface area contributed by atoms with Gasteiger partial charge in [0, 0.05) is 20.0 Å². The van der Waals surface area contributed by atoms with Gasteiger partial charge in [0.1, 0.15) is 24.7 Å². The average molecular weight is 516 g/mol. The molecular weight excluding hydrogens is 486 g/mol. The number of aromatic nitrogens is 1. The summed E-state index contributed by atoms with van der Waals surface area (Å²) in [6.45, 7) is 4.39. The molecule has 0 spiro atoms. The summed E-state index contributed by atoms with van der Waals surface area (Å²) < 4.78 is 53.4. The van der Waals surface area contributed by atoms with Crippen molar-refractivity contribution < 1.29 is 40.5 Å². The fourth-order valence-corrected chi connectivity index (χ4v) is 3.30. The number of carbonyl (C=O) groups excluding carboxylic acids is 1. The Hall–Kier alpha value is -2.22. The average Bonchev–Trinajstić information content (AvgIpc) is 2.80. The highest BCUT2D eigenvalue weighted by Gasteiger charge is 2.15. The maximum atomic E-state index is 12.0. The molecule has 0 bridgehead atoms. The molecule has 10 nitrogen and oxygen atoms in total. The van der Waals surface area contributed by atoms with Crippen molar-refractivity contribution in [2.24, 2.45) is 0 Å². The lowest BCUT2D eigenvalue weighted by atomic mass is 9.99. The van der Waals surface area contributed by atoms with Crippen LogP contribution in [0.1, 0.15) is 21.7 Å². The number of benzene rings is 1. The van der Waals surface area contributed by atoms with Crippen molar-refractivity contribution in [1.29, 1.82) is 0 Å². The largest absolute Gasteiger partial charge is 0.491 e. The molecule has 0 saturated heterocycles. The minimum absolute atomic E-state index is 0.0253. The number of rotatable bonds is 15. The van der Waals surface area contributed by atoms with Crippen LogP contribution in [0.15, 0.2) is 30.3 Å². The van der Waals surface area contributed by atoms with E-state index in [1.807, 2.05) is 19.1 Å². The number of aryl methyl sites for hydroxylation is 1. The molecule has 1 aromatic carbocycles. The molecular formula is C22H29NO9S2. The van der Waals surface area contributed by atoms with E-state index in [1.165, 1.54) is 6.07 Å². The summed E-state index contributed by atoms with van der Waals surface area (Å²) in [7, 11) is -2.06. The molecule has 0 unspecified atom stereocenters. The lowest BCUT2D eigenvalue weighted by molar-refractivity contribution is 0.0180. The van der Waals surface area contributed by atoms with Gasteiger partial charge in [-0.3, -0.25) is 4.18 Å². The predicted octanol–water partition coefficient (Wildman–Crippen LogP) is 2.59. The number of hydrogen-bond donors (Lipinski definition) is 1. The Morgan fingerprint density at radius 2 is 1.68 bits per heavy atom. The second kappa shape index (κ2) is 14.2. The van der Waals surface area contributed by atoms with Gasteiger partial charge in [0.15, 0.2) is 0 Å². The Morgan fingerprint density at radius 3 is 2.29 bits per heavy atom. The zero-order chi connectivity index (χ0) is 25.0. The summed E-state index contributed by atoms with van der Waals surface area (Å²) in [4.78, 5) is 16.1.